The van der Waals surface area contributed by atoms with Gasteiger partial charge in [-0.1, -0.05) is 42.5 Å². The molecule has 0 bridgehead atoms. The van der Waals surface area contributed by atoms with Crippen molar-refractivity contribution in [3.8, 4) is 11.8 Å². The van der Waals surface area contributed by atoms with E-state index in [1.807, 2.05) is 18.2 Å². The molecule has 0 spiro atoms. The summed E-state index contributed by atoms with van der Waals surface area (Å²) in [5, 5.41) is 12.0. The third kappa shape index (κ3) is 5.30. The maximum Gasteiger partial charge on any atom is 0.258 e. The van der Waals surface area contributed by atoms with Gasteiger partial charge in [-0.25, -0.2) is 0 Å². The number of para-hydroxylation sites is 1. The molecule has 1 atom stereocenters. The lowest BCUT2D eigenvalue weighted by atomic mass is 10.0. The first-order valence-electron chi connectivity index (χ1n) is 9.03. The Kier molecular flexibility index (Phi) is 6.80. The van der Waals surface area contributed by atoms with Crippen molar-refractivity contribution in [3.05, 3.63) is 65.7 Å². The summed E-state index contributed by atoms with van der Waals surface area (Å²) in [4.78, 5) is 14.6. The van der Waals surface area contributed by atoms with Crippen molar-refractivity contribution in [3.63, 3.8) is 0 Å². The molecule has 1 saturated heterocycles. The van der Waals surface area contributed by atoms with Gasteiger partial charge in [0.05, 0.1) is 24.8 Å². The Morgan fingerprint density at radius 3 is 2.59 bits per heavy atom. The summed E-state index contributed by atoms with van der Waals surface area (Å²) >= 11 is 0. The minimum Gasteiger partial charge on any atom is -0.482 e. The van der Waals surface area contributed by atoms with Crippen molar-refractivity contribution in [2.75, 3.05) is 39.5 Å². The number of benzene rings is 2. The average molecular weight is 365 g/mol. The van der Waals surface area contributed by atoms with E-state index in [1.54, 1.807) is 24.3 Å². The fourth-order valence-electron chi connectivity index (χ4n) is 3.11. The number of nitriles is 1. The third-order valence-corrected chi connectivity index (χ3v) is 4.53. The number of hydrogen-bond donors (Lipinski definition) is 1. The molecule has 1 fully saturated rings. The van der Waals surface area contributed by atoms with E-state index in [9.17, 15) is 4.79 Å². The van der Waals surface area contributed by atoms with Crippen LogP contribution >= 0.6 is 0 Å². The van der Waals surface area contributed by atoms with E-state index in [0.29, 0.717) is 31.1 Å². The zero-order valence-corrected chi connectivity index (χ0v) is 15.1. The monoisotopic (exact) mass is 365 g/mol. The van der Waals surface area contributed by atoms with E-state index in [0.717, 1.165) is 18.7 Å². The standard InChI is InChI=1S/C21H23N3O3/c22-14-18-8-4-5-9-20(18)27-16-21(25)23-15-19(17-6-2-1-3-7-17)24-10-12-26-13-11-24/h1-9,19H,10-13,15-16H2,(H,23,25). The predicted molar refractivity (Wildman–Crippen MR) is 101 cm³/mol. The molecule has 1 N–H and O–H groups in total. The lowest BCUT2D eigenvalue weighted by Gasteiger charge is -2.34. The maximum atomic E-state index is 12.3. The van der Waals surface area contributed by atoms with E-state index in [-0.39, 0.29) is 18.6 Å². The van der Waals surface area contributed by atoms with Crippen molar-refractivity contribution >= 4 is 5.91 Å². The fourth-order valence-corrected chi connectivity index (χ4v) is 3.11. The Bertz CT molecular complexity index is 783. The summed E-state index contributed by atoms with van der Waals surface area (Å²) in [7, 11) is 0. The average Bonchev–Trinajstić information content (AvgIpc) is 2.74. The van der Waals surface area contributed by atoms with Gasteiger partial charge in [0.2, 0.25) is 0 Å². The van der Waals surface area contributed by atoms with Gasteiger partial charge in [0.15, 0.2) is 6.61 Å². The van der Waals surface area contributed by atoms with Crippen LogP contribution in [0, 0.1) is 11.3 Å². The molecule has 0 aromatic heterocycles. The molecule has 1 amide bonds. The summed E-state index contributed by atoms with van der Waals surface area (Å²) in [6.45, 7) is 3.44. The molecule has 1 heterocycles. The van der Waals surface area contributed by atoms with Crippen molar-refractivity contribution in [2.24, 2.45) is 0 Å². The van der Waals surface area contributed by atoms with Crippen molar-refractivity contribution in [1.82, 2.24) is 10.2 Å². The Labute approximate surface area is 159 Å². The van der Waals surface area contributed by atoms with E-state index in [1.165, 1.54) is 0 Å². The van der Waals surface area contributed by atoms with Gasteiger partial charge in [0.25, 0.3) is 5.91 Å². The Balaban J connectivity index is 1.58. The molecule has 6 nitrogen and oxygen atoms in total. The highest BCUT2D eigenvalue weighted by atomic mass is 16.5. The van der Waals surface area contributed by atoms with Crippen molar-refractivity contribution < 1.29 is 14.3 Å². The van der Waals surface area contributed by atoms with Crippen molar-refractivity contribution in [2.45, 2.75) is 6.04 Å². The number of rotatable bonds is 7. The quantitative estimate of drug-likeness (QED) is 0.814. The second-order valence-electron chi connectivity index (χ2n) is 6.28. The van der Waals surface area contributed by atoms with E-state index in [2.05, 4.69) is 28.4 Å². The molecule has 3 rings (SSSR count). The molecule has 27 heavy (non-hydrogen) atoms. The molecule has 2 aromatic carbocycles. The highest BCUT2D eigenvalue weighted by molar-refractivity contribution is 5.77. The lowest BCUT2D eigenvalue weighted by Crippen LogP contribution is -2.44. The minimum absolute atomic E-state index is 0.0884. The highest BCUT2D eigenvalue weighted by Crippen LogP contribution is 2.21. The molecule has 140 valence electrons. The van der Waals surface area contributed by atoms with Gasteiger partial charge in [-0.3, -0.25) is 9.69 Å². The van der Waals surface area contributed by atoms with Gasteiger partial charge in [-0.05, 0) is 17.7 Å². The molecular weight excluding hydrogens is 342 g/mol. The molecule has 1 unspecified atom stereocenters. The number of nitrogens with zero attached hydrogens (tertiary/aromatic N) is 2. The number of nitrogens with one attached hydrogen (secondary N) is 1. The minimum atomic E-state index is -0.211. The van der Waals surface area contributed by atoms with E-state index < -0.39 is 0 Å². The lowest BCUT2D eigenvalue weighted by molar-refractivity contribution is -0.123. The second kappa shape index (κ2) is 9.72. The van der Waals surface area contributed by atoms with Gasteiger partial charge in [0, 0.05) is 19.6 Å². The molecule has 6 heteroatoms. The van der Waals surface area contributed by atoms with Gasteiger partial charge in [0.1, 0.15) is 11.8 Å². The van der Waals surface area contributed by atoms with Crippen LogP contribution in [-0.2, 0) is 9.53 Å². The van der Waals surface area contributed by atoms with Gasteiger partial charge in [-0.15, -0.1) is 0 Å². The van der Waals surface area contributed by atoms with Gasteiger partial charge >= 0.3 is 0 Å². The first kappa shape index (κ1) is 18.9. The number of morpholine rings is 1. The van der Waals surface area contributed by atoms with Crippen LogP contribution in [0.15, 0.2) is 54.6 Å². The van der Waals surface area contributed by atoms with Crippen molar-refractivity contribution in [1.29, 1.82) is 5.26 Å². The summed E-state index contributed by atoms with van der Waals surface area (Å²) in [6.07, 6.45) is 0. The third-order valence-electron chi connectivity index (χ3n) is 4.53. The molecular formula is C21H23N3O3. The first-order valence-corrected chi connectivity index (χ1v) is 9.03. The maximum absolute atomic E-state index is 12.3. The molecule has 1 aliphatic rings. The first-order chi connectivity index (χ1) is 13.3. The molecule has 0 aliphatic carbocycles. The summed E-state index contributed by atoms with van der Waals surface area (Å²) in [5.74, 6) is 0.208. The van der Waals surface area contributed by atoms with Gasteiger partial charge in [-0.2, -0.15) is 5.26 Å². The SMILES string of the molecule is N#Cc1ccccc1OCC(=O)NCC(c1ccccc1)N1CCOCC1. The zero-order chi connectivity index (χ0) is 18.9. The normalized spacial score (nSPS) is 15.5. The number of carbonyl (C=O) groups is 1. The predicted octanol–water partition coefficient (Wildman–Crippen LogP) is 2.13. The molecule has 0 saturated carbocycles. The van der Waals surface area contributed by atoms with Crippen LogP contribution in [0.25, 0.3) is 0 Å². The van der Waals surface area contributed by atoms with Gasteiger partial charge < -0.3 is 14.8 Å². The number of hydrogen-bond acceptors (Lipinski definition) is 5. The summed E-state index contributed by atoms with van der Waals surface area (Å²) in [6, 6.07) is 19.2. The zero-order valence-electron chi connectivity index (χ0n) is 15.1. The number of amides is 1. The number of carbonyl (C=O) groups excluding carboxylic acids is 1. The summed E-state index contributed by atoms with van der Waals surface area (Å²) < 4.78 is 11.0. The molecule has 1 aliphatic heterocycles. The smallest absolute Gasteiger partial charge is 0.258 e. The van der Waals surface area contributed by atoms with Crippen LogP contribution in [0.2, 0.25) is 0 Å². The van der Waals surface area contributed by atoms with Crippen LogP contribution in [0.3, 0.4) is 0 Å². The summed E-state index contributed by atoms with van der Waals surface area (Å²) in [5.41, 5.74) is 1.58. The largest absolute Gasteiger partial charge is 0.482 e. The molecule has 2 aromatic rings. The van der Waals surface area contributed by atoms with E-state index in [4.69, 9.17) is 14.7 Å². The number of ether oxygens (including phenoxy) is 2. The van der Waals surface area contributed by atoms with E-state index >= 15 is 0 Å². The fraction of sp³-hybridized carbons (Fsp3) is 0.333. The van der Waals surface area contributed by atoms with Crippen LogP contribution in [0.1, 0.15) is 17.2 Å². The van der Waals surface area contributed by atoms with Crippen LogP contribution in [0.4, 0.5) is 0 Å². The van der Waals surface area contributed by atoms with Crippen LogP contribution in [-0.4, -0.2) is 50.3 Å². The van der Waals surface area contributed by atoms with Crippen LogP contribution < -0.4 is 10.1 Å². The topological polar surface area (TPSA) is 74.6 Å². The second-order valence-corrected chi connectivity index (χ2v) is 6.28. The Morgan fingerprint density at radius 1 is 1.15 bits per heavy atom. The van der Waals surface area contributed by atoms with Crippen LogP contribution in [0.5, 0.6) is 5.75 Å². The Morgan fingerprint density at radius 2 is 1.85 bits per heavy atom. The molecule has 0 radical (unpaired) electrons. The highest BCUT2D eigenvalue weighted by Gasteiger charge is 2.23. The Hall–Kier alpha value is -2.88.